The Morgan fingerprint density at radius 2 is 2.05 bits per heavy atom. The molecule has 1 aliphatic heterocycles. The standard InChI is InChI=1S/C14H18F2N2O2/c1-14(4-6-20-7-5-14)8-18-13(19)11-9(15)2-3-10(17)12(11)16/h2-3H,4-8,17H2,1H3,(H,18,19). The number of nitrogens with one attached hydrogen (secondary N) is 1. The minimum Gasteiger partial charge on any atom is -0.396 e. The third-order valence-electron chi connectivity index (χ3n) is 3.72. The smallest absolute Gasteiger partial charge is 0.257 e. The van der Waals surface area contributed by atoms with Gasteiger partial charge < -0.3 is 15.8 Å². The number of carbonyl (C=O) groups excluding carboxylic acids is 1. The van der Waals surface area contributed by atoms with E-state index in [-0.39, 0.29) is 11.1 Å². The van der Waals surface area contributed by atoms with E-state index in [9.17, 15) is 13.6 Å². The maximum absolute atomic E-state index is 13.7. The quantitative estimate of drug-likeness (QED) is 0.835. The van der Waals surface area contributed by atoms with Gasteiger partial charge in [-0.1, -0.05) is 6.92 Å². The monoisotopic (exact) mass is 284 g/mol. The first kappa shape index (κ1) is 14.7. The van der Waals surface area contributed by atoms with Gasteiger partial charge in [-0.2, -0.15) is 0 Å². The minimum atomic E-state index is -1.01. The summed E-state index contributed by atoms with van der Waals surface area (Å²) in [4.78, 5) is 11.9. The van der Waals surface area contributed by atoms with Crippen LogP contribution in [0.25, 0.3) is 0 Å². The number of ether oxygens (including phenoxy) is 1. The molecule has 0 radical (unpaired) electrons. The lowest BCUT2D eigenvalue weighted by Gasteiger charge is -2.33. The van der Waals surface area contributed by atoms with Crippen LogP contribution in [0.15, 0.2) is 12.1 Å². The Hall–Kier alpha value is -1.69. The highest BCUT2D eigenvalue weighted by Crippen LogP contribution is 2.29. The molecular formula is C14H18F2N2O2. The number of carbonyl (C=O) groups is 1. The molecule has 0 bridgehead atoms. The van der Waals surface area contributed by atoms with E-state index in [0.717, 1.165) is 25.0 Å². The van der Waals surface area contributed by atoms with Crippen LogP contribution in [0.5, 0.6) is 0 Å². The van der Waals surface area contributed by atoms with Gasteiger partial charge in [-0.05, 0) is 30.4 Å². The maximum atomic E-state index is 13.7. The number of nitrogen functional groups attached to an aromatic ring is 1. The third-order valence-corrected chi connectivity index (χ3v) is 3.72. The molecule has 0 atom stereocenters. The van der Waals surface area contributed by atoms with E-state index in [2.05, 4.69) is 5.32 Å². The van der Waals surface area contributed by atoms with Crippen LogP contribution < -0.4 is 11.1 Å². The topological polar surface area (TPSA) is 64.4 Å². The number of benzene rings is 1. The first-order valence-corrected chi connectivity index (χ1v) is 6.52. The van der Waals surface area contributed by atoms with Crippen LogP contribution in [0.2, 0.25) is 0 Å². The molecule has 1 aromatic carbocycles. The molecule has 0 aromatic heterocycles. The lowest BCUT2D eigenvalue weighted by atomic mass is 9.82. The van der Waals surface area contributed by atoms with Gasteiger partial charge in [0.05, 0.1) is 5.69 Å². The van der Waals surface area contributed by atoms with Crippen molar-refractivity contribution >= 4 is 11.6 Å². The first-order valence-electron chi connectivity index (χ1n) is 6.52. The summed E-state index contributed by atoms with van der Waals surface area (Å²) in [6.07, 6.45) is 1.60. The van der Waals surface area contributed by atoms with E-state index in [4.69, 9.17) is 10.5 Å². The van der Waals surface area contributed by atoms with Crippen molar-refractivity contribution in [3.05, 3.63) is 29.3 Å². The zero-order valence-corrected chi connectivity index (χ0v) is 11.3. The molecule has 4 nitrogen and oxygen atoms in total. The zero-order valence-electron chi connectivity index (χ0n) is 11.3. The number of rotatable bonds is 3. The van der Waals surface area contributed by atoms with Crippen molar-refractivity contribution in [2.45, 2.75) is 19.8 Å². The fourth-order valence-electron chi connectivity index (χ4n) is 2.20. The van der Waals surface area contributed by atoms with Crippen molar-refractivity contribution in [1.82, 2.24) is 5.32 Å². The van der Waals surface area contributed by atoms with Crippen LogP contribution in [0.1, 0.15) is 30.1 Å². The number of halogens is 2. The average molecular weight is 284 g/mol. The molecule has 0 saturated carbocycles. The summed E-state index contributed by atoms with van der Waals surface area (Å²) in [5.41, 5.74) is 4.38. The SMILES string of the molecule is CC1(CNC(=O)c2c(F)ccc(N)c2F)CCOCC1. The van der Waals surface area contributed by atoms with Crippen LogP contribution >= 0.6 is 0 Å². The Morgan fingerprint density at radius 1 is 1.40 bits per heavy atom. The van der Waals surface area contributed by atoms with Crippen LogP contribution in [0, 0.1) is 17.0 Å². The second-order valence-electron chi connectivity index (χ2n) is 5.43. The van der Waals surface area contributed by atoms with Gasteiger partial charge in [0.1, 0.15) is 11.4 Å². The van der Waals surface area contributed by atoms with Crippen LogP contribution in [0.3, 0.4) is 0 Å². The summed E-state index contributed by atoms with van der Waals surface area (Å²) >= 11 is 0. The van der Waals surface area contributed by atoms with Crippen molar-refractivity contribution in [2.75, 3.05) is 25.5 Å². The first-order chi connectivity index (χ1) is 9.43. The predicted octanol–water partition coefficient (Wildman–Crippen LogP) is 2.09. The van der Waals surface area contributed by atoms with Gasteiger partial charge in [-0.15, -0.1) is 0 Å². The Labute approximate surface area is 116 Å². The van der Waals surface area contributed by atoms with Crippen LogP contribution in [0.4, 0.5) is 14.5 Å². The lowest BCUT2D eigenvalue weighted by Crippen LogP contribution is -2.39. The maximum Gasteiger partial charge on any atom is 0.257 e. The molecule has 1 aromatic rings. The van der Waals surface area contributed by atoms with E-state index in [1.165, 1.54) is 0 Å². The molecule has 1 fully saturated rings. The van der Waals surface area contributed by atoms with Crippen molar-refractivity contribution in [2.24, 2.45) is 5.41 Å². The third kappa shape index (κ3) is 3.07. The molecule has 2 rings (SSSR count). The van der Waals surface area contributed by atoms with Gasteiger partial charge in [-0.25, -0.2) is 8.78 Å². The molecule has 6 heteroatoms. The highest BCUT2D eigenvalue weighted by molar-refractivity contribution is 5.95. The summed E-state index contributed by atoms with van der Waals surface area (Å²) in [7, 11) is 0. The molecule has 20 heavy (non-hydrogen) atoms. The van der Waals surface area contributed by atoms with Crippen LogP contribution in [-0.2, 0) is 4.74 Å². The fraction of sp³-hybridized carbons (Fsp3) is 0.500. The summed E-state index contributed by atoms with van der Waals surface area (Å²) in [6, 6.07) is 2.09. The summed E-state index contributed by atoms with van der Waals surface area (Å²) in [5.74, 6) is -2.70. The Balaban J connectivity index is 2.07. The lowest BCUT2D eigenvalue weighted by molar-refractivity contribution is 0.0238. The molecule has 3 N–H and O–H groups in total. The molecule has 0 spiro atoms. The van der Waals surface area contributed by atoms with E-state index in [0.29, 0.717) is 19.8 Å². The highest BCUT2D eigenvalue weighted by Gasteiger charge is 2.29. The van der Waals surface area contributed by atoms with E-state index in [1.807, 2.05) is 6.92 Å². The van der Waals surface area contributed by atoms with Crippen molar-refractivity contribution in [3.63, 3.8) is 0 Å². The largest absolute Gasteiger partial charge is 0.396 e. The summed E-state index contributed by atoms with van der Waals surface area (Å²) < 4.78 is 32.6. The molecule has 0 aliphatic carbocycles. The van der Waals surface area contributed by atoms with Gasteiger partial charge in [0, 0.05) is 19.8 Å². The van der Waals surface area contributed by atoms with Gasteiger partial charge in [0.25, 0.3) is 5.91 Å². The zero-order chi connectivity index (χ0) is 14.8. The fourth-order valence-corrected chi connectivity index (χ4v) is 2.20. The molecular weight excluding hydrogens is 266 g/mol. The molecule has 1 amide bonds. The average Bonchev–Trinajstić information content (AvgIpc) is 2.42. The molecule has 1 aliphatic rings. The molecule has 1 heterocycles. The second kappa shape index (κ2) is 5.75. The number of anilines is 1. The van der Waals surface area contributed by atoms with Crippen molar-refractivity contribution in [3.8, 4) is 0 Å². The number of hydrogen-bond acceptors (Lipinski definition) is 3. The summed E-state index contributed by atoms with van der Waals surface area (Å²) in [6.45, 7) is 3.63. The molecule has 110 valence electrons. The van der Waals surface area contributed by atoms with Gasteiger partial charge in [0.15, 0.2) is 5.82 Å². The van der Waals surface area contributed by atoms with Gasteiger partial charge in [0.2, 0.25) is 0 Å². The normalized spacial score (nSPS) is 17.8. The van der Waals surface area contributed by atoms with Crippen molar-refractivity contribution < 1.29 is 18.3 Å². The number of nitrogens with two attached hydrogens (primary N) is 1. The van der Waals surface area contributed by atoms with E-state index >= 15 is 0 Å². The van der Waals surface area contributed by atoms with Gasteiger partial charge in [-0.3, -0.25) is 4.79 Å². The van der Waals surface area contributed by atoms with Crippen molar-refractivity contribution in [1.29, 1.82) is 0 Å². The van der Waals surface area contributed by atoms with E-state index < -0.39 is 23.1 Å². The molecule has 0 unspecified atom stereocenters. The Bertz CT molecular complexity index is 514. The number of amides is 1. The predicted molar refractivity (Wildman–Crippen MR) is 71.3 cm³/mol. The Kier molecular flexibility index (Phi) is 4.23. The minimum absolute atomic E-state index is 0.110. The molecule has 1 saturated heterocycles. The van der Waals surface area contributed by atoms with Gasteiger partial charge >= 0.3 is 0 Å². The highest BCUT2D eigenvalue weighted by atomic mass is 19.1. The Morgan fingerprint density at radius 3 is 2.70 bits per heavy atom. The second-order valence-corrected chi connectivity index (χ2v) is 5.43. The number of hydrogen-bond donors (Lipinski definition) is 2. The summed E-state index contributed by atoms with van der Waals surface area (Å²) in [5, 5.41) is 2.59. The van der Waals surface area contributed by atoms with E-state index in [1.54, 1.807) is 0 Å². The van der Waals surface area contributed by atoms with Crippen LogP contribution in [-0.4, -0.2) is 25.7 Å².